The molecule has 0 amide bonds. The Kier molecular flexibility index (Phi) is 23.3. The molecule has 0 radical (unpaired) electrons. The molecule has 1 heterocycles. The van der Waals surface area contributed by atoms with Crippen LogP contribution in [-0.4, -0.2) is 76.4 Å². The second kappa shape index (κ2) is 27.7. The van der Waals surface area contributed by atoms with E-state index < -0.39 is 0 Å². The summed E-state index contributed by atoms with van der Waals surface area (Å²) < 4.78 is 25.3. The van der Waals surface area contributed by atoms with Gasteiger partial charge in [0.25, 0.3) is 0 Å². The fourth-order valence-electron chi connectivity index (χ4n) is 13.7. The Labute approximate surface area is 391 Å². The average Bonchev–Trinajstić information content (AvgIpc) is 3.79. The zero-order valence-electron chi connectivity index (χ0n) is 42.9. The fourth-order valence-corrected chi connectivity index (χ4v) is 13.7. The van der Waals surface area contributed by atoms with Gasteiger partial charge >= 0.3 is 0 Å². The van der Waals surface area contributed by atoms with E-state index in [9.17, 15) is 0 Å². The summed E-state index contributed by atoms with van der Waals surface area (Å²) in [6.45, 7) is 27.1. The molecular formula is C58H103NO4. The maximum absolute atomic E-state index is 6.53. The van der Waals surface area contributed by atoms with Crippen molar-refractivity contribution in [3.63, 3.8) is 0 Å². The first-order valence-electron chi connectivity index (χ1n) is 27.6. The topological polar surface area (TPSA) is 40.2 Å². The summed E-state index contributed by atoms with van der Waals surface area (Å²) in [7, 11) is 0. The largest absolute Gasteiger partial charge is 0.379 e. The van der Waals surface area contributed by atoms with Crippen LogP contribution >= 0.6 is 0 Å². The van der Waals surface area contributed by atoms with Crippen molar-refractivity contribution >= 4 is 0 Å². The van der Waals surface area contributed by atoms with Crippen LogP contribution < -0.4 is 0 Å². The van der Waals surface area contributed by atoms with Crippen molar-refractivity contribution in [3.8, 4) is 0 Å². The van der Waals surface area contributed by atoms with Gasteiger partial charge in [0.1, 0.15) is 0 Å². The molecule has 4 fully saturated rings. The smallest absolute Gasteiger partial charge is 0.0936 e. The van der Waals surface area contributed by atoms with Gasteiger partial charge in [-0.15, -0.1) is 0 Å². The van der Waals surface area contributed by atoms with Crippen molar-refractivity contribution in [2.45, 2.75) is 222 Å². The Bertz CT molecular complexity index is 1340. The summed E-state index contributed by atoms with van der Waals surface area (Å²) in [4.78, 5) is 2.58. The molecule has 0 bridgehead atoms. The van der Waals surface area contributed by atoms with E-state index in [-0.39, 0.29) is 6.10 Å². The van der Waals surface area contributed by atoms with Gasteiger partial charge in [-0.2, -0.15) is 0 Å². The number of rotatable bonds is 32. The van der Waals surface area contributed by atoms with E-state index >= 15 is 0 Å². The number of allylic oxidation sites excluding steroid dienone is 5. The highest BCUT2D eigenvalue weighted by Gasteiger charge is 2.59. The van der Waals surface area contributed by atoms with Crippen molar-refractivity contribution in [2.75, 3.05) is 59.3 Å². The number of ether oxygens (including phenoxy) is 4. The lowest BCUT2D eigenvalue weighted by molar-refractivity contribution is -0.0732. The van der Waals surface area contributed by atoms with Crippen LogP contribution in [0.1, 0.15) is 209 Å². The highest BCUT2D eigenvalue weighted by Crippen LogP contribution is 2.67. The molecule has 1 unspecified atom stereocenters. The fraction of sp³-hybridized carbons (Fsp3) is 0.897. The lowest BCUT2D eigenvalue weighted by atomic mass is 9.47. The monoisotopic (exact) mass is 878 g/mol. The van der Waals surface area contributed by atoms with E-state index in [1.54, 1.807) is 5.57 Å². The normalized spacial score (nSPS) is 30.6. The number of nitrogens with zero attached hydrogens (tertiary/aromatic N) is 1. The zero-order valence-corrected chi connectivity index (χ0v) is 42.9. The molecule has 364 valence electrons. The average molecular weight is 878 g/mol. The van der Waals surface area contributed by atoms with E-state index in [0.29, 0.717) is 55.4 Å². The van der Waals surface area contributed by atoms with Crippen molar-refractivity contribution < 1.29 is 18.9 Å². The number of fused-ring (bicyclic) bond motifs is 5. The molecule has 5 heteroatoms. The van der Waals surface area contributed by atoms with Gasteiger partial charge in [-0.1, -0.05) is 149 Å². The Morgan fingerprint density at radius 3 is 2.21 bits per heavy atom. The molecule has 0 N–H and O–H groups in total. The number of unbranched alkanes of at least 4 members (excludes halogenated alkanes) is 9. The van der Waals surface area contributed by atoms with Gasteiger partial charge in [0.2, 0.25) is 0 Å². The molecule has 63 heavy (non-hydrogen) atoms. The molecule has 0 spiro atoms. The molecule has 4 aliphatic carbocycles. The highest BCUT2D eigenvalue weighted by atomic mass is 16.6. The summed E-state index contributed by atoms with van der Waals surface area (Å²) in [5, 5.41) is 0. The van der Waals surface area contributed by atoms with Crippen LogP contribution in [0, 0.1) is 51.8 Å². The van der Waals surface area contributed by atoms with Gasteiger partial charge in [0, 0.05) is 19.7 Å². The van der Waals surface area contributed by atoms with Gasteiger partial charge in [-0.25, -0.2) is 0 Å². The van der Waals surface area contributed by atoms with Crippen LogP contribution in [0.5, 0.6) is 0 Å². The lowest BCUT2D eigenvalue weighted by Gasteiger charge is -2.58. The Hall–Kier alpha value is -0.980. The summed E-state index contributed by atoms with van der Waals surface area (Å²) in [6, 6.07) is 0. The van der Waals surface area contributed by atoms with E-state index in [1.165, 1.54) is 135 Å². The molecular weight excluding hydrogens is 775 g/mol. The van der Waals surface area contributed by atoms with Gasteiger partial charge in [0.05, 0.1) is 45.2 Å². The molecule has 5 aliphatic rings. The zero-order chi connectivity index (χ0) is 45.0. The number of hydrogen-bond acceptors (Lipinski definition) is 5. The number of likely N-dealkylation sites (tertiary alicyclic amines) is 1. The molecule has 0 aromatic carbocycles. The first-order valence-corrected chi connectivity index (χ1v) is 27.6. The maximum atomic E-state index is 6.53. The van der Waals surface area contributed by atoms with Crippen molar-refractivity contribution in [3.05, 3.63) is 36.0 Å². The van der Waals surface area contributed by atoms with Crippen LogP contribution in [-0.2, 0) is 18.9 Å². The predicted octanol–water partition coefficient (Wildman–Crippen LogP) is 15.4. The molecule has 3 saturated carbocycles. The van der Waals surface area contributed by atoms with Gasteiger partial charge in [-0.3, -0.25) is 0 Å². The van der Waals surface area contributed by atoms with Crippen LogP contribution in [0.25, 0.3) is 0 Å². The minimum Gasteiger partial charge on any atom is -0.379 e. The van der Waals surface area contributed by atoms with Gasteiger partial charge in [-0.05, 0) is 155 Å². The first-order chi connectivity index (χ1) is 30.4. The second-order valence-electron chi connectivity index (χ2n) is 23.4. The Morgan fingerprint density at radius 1 is 0.714 bits per heavy atom. The molecule has 0 aromatic heterocycles. The molecule has 5 rings (SSSR count). The van der Waals surface area contributed by atoms with Crippen LogP contribution in [0.3, 0.4) is 0 Å². The number of hydrogen-bond donors (Lipinski definition) is 0. The van der Waals surface area contributed by atoms with Crippen LogP contribution in [0.2, 0.25) is 0 Å². The lowest BCUT2D eigenvalue weighted by Crippen LogP contribution is -2.51. The summed E-state index contributed by atoms with van der Waals surface area (Å²) >= 11 is 0. The van der Waals surface area contributed by atoms with E-state index in [2.05, 4.69) is 90.7 Å². The summed E-state index contributed by atoms with van der Waals surface area (Å²) in [6.07, 6.45) is 44.1. The minimum absolute atomic E-state index is 0.0967. The maximum Gasteiger partial charge on any atom is 0.0936 e. The predicted molar refractivity (Wildman–Crippen MR) is 268 cm³/mol. The Balaban J connectivity index is 0.923. The van der Waals surface area contributed by atoms with E-state index in [4.69, 9.17) is 18.9 Å². The third-order valence-electron chi connectivity index (χ3n) is 17.4. The van der Waals surface area contributed by atoms with Gasteiger partial charge in [0.15, 0.2) is 0 Å². The summed E-state index contributed by atoms with van der Waals surface area (Å²) in [5.41, 5.74) is 3.07. The standard InChI is InChI=1S/C58H103NO4/c1-9-10-11-12-13-14-15-16-17-18-19-20-21-22-23-24-38-61-45-51(44-59-37-36-56(5,6)46-59)63-42-40-60-39-41-62-50-32-34-57(7)49(43-50)28-29-52-54-31-30-53(48(4)27-25-26-47(2)3)58(54,8)35-33-55(52)57/h13-14,16-17,28,47-48,50-55H,9-12,15,18-27,29-46H2,1-8H3/b14-13-,17-16-/t48-,50+,51?,52+,53-,54+,55+,57+,58-/m1/s1. The highest BCUT2D eigenvalue weighted by molar-refractivity contribution is 5.25. The second-order valence-corrected chi connectivity index (χ2v) is 23.4. The first kappa shape index (κ1) is 53.0. The molecule has 0 aromatic rings. The molecule has 1 aliphatic heterocycles. The van der Waals surface area contributed by atoms with E-state index in [1.807, 2.05) is 0 Å². The van der Waals surface area contributed by atoms with Crippen molar-refractivity contribution in [1.29, 1.82) is 0 Å². The minimum atomic E-state index is 0.0967. The summed E-state index contributed by atoms with van der Waals surface area (Å²) in [5.74, 6) is 5.36. The SMILES string of the molecule is CCCCC/C=C\C/C=C\CCCCCCCCOCC(CN1CCC(C)(C)C1)OCCOCCO[C@H]1CC[C@@]2(C)C(=CC[C@H]3[C@@H]4CC[C@H]([C@H](C)CCCC(C)C)[C@@]4(C)CC[C@@H]32)C1. The van der Waals surface area contributed by atoms with Gasteiger partial charge < -0.3 is 23.8 Å². The third-order valence-corrected chi connectivity index (χ3v) is 17.4. The van der Waals surface area contributed by atoms with E-state index in [0.717, 1.165) is 81.0 Å². The van der Waals surface area contributed by atoms with Crippen LogP contribution in [0.4, 0.5) is 0 Å². The molecule has 5 nitrogen and oxygen atoms in total. The van der Waals surface area contributed by atoms with Crippen LogP contribution in [0.15, 0.2) is 36.0 Å². The van der Waals surface area contributed by atoms with Crippen molar-refractivity contribution in [1.82, 2.24) is 4.90 Å². The third kappa shape index (κ3) is 16.9. The molecule has 1 saturated heterocycles. The molecule has 9 atom stereocenters. The quantitative estimate of drug-likeness (QED) is 0.0497. The van der Waals surface area contributed by atoms with Crippen molar-refractivity contribution in [2.24, 2.45) is 51.8 Å². The Morgan fingerprint density at radius 2 is 1.46 bits per heavy atom.